The number of carbonyl (C=O) groups is 1. The summed E-state index contributed by atoms with van der Waals surface area (Å²) >= 11 is 0. The minimum absolute atomic E-state index is 0.00160. The second kappa shape index (κ2) is 10.4. The highest BCUT2D eigenvalue weighted by molar-refractivity contribution is 7.89. The molecule has 1 aliphatic rings. The summed E-state index contributed by atoms with van der Waals surface area (Å²) in [6.45, 7) is 2.96. The van der Waals surface area contributed by atoms with Crippen LogP contribution in [-0.4, -0.2) is 43.2 Å². The summed E-state index contributed by atoms with van der Waals surface area (Å²) in [5.41, 5.74) is 0.446. The van der Waals surface area contributed by atoms with Gasteiger partial charge in [0.2, 0.25) is 15.9 Å². The number of anilines is 1. The maximum Gasteiger partial charge on any atom is 0.276 e. The second-order valence-corrected chi connectivity index (χ2v) is 9.10. The zero-order valence-electron chi connectivity index (χ0n) is 17.7. The second-order valence-electron chi connectivity index (χ2n) is 7.20. The van der Waals surface area contributed by atoms with Gasteiger partial charge in [-0.3, -0.25) is 14.9 Å². The molecule has 0 saturated carbocycles. The lowest BCUT2D eigenvalue weighted by molar-refractivity contribution is -0.385. The number of carbonyl (C=O) groups excluding carboxylic acids is 1. The molecule has 3 rings (SSSR count). The molecule has 10 heteroatoms. The van der Waals surface area contributed by atoms with Gasteiger partial charge in [-0.2, -0.15) is 4.31 Å². The van der Waals surface area contributed by atoms with Crippen LogP contribution >= 0.6 is 0 Å². The van der Waals surface area contributed by atoms with Crippen LogP contribution in [0.2, 0.25) is 0 Å². The fraction of sp³-hybridized carbons (Fsp3) is 0.318. The first-order chi connectivity index (χ1) is 15.3. The lowest BCUT2D eigenvalue weighted by atomic mass is 10.1. The van der Waals surface area contributed by atoms with Gasteiger partial charge in [-0.25, -0.2) is 8.42 Å². The van der Waals surface area contributed by atoms with E-state index in [1.54, 1.807) is 25.1 Å². The average molecular weight is 460 g/mol. The first kappa shape index (κ1) is 23.4. The van der Waals surface area contributed by atoms with Crippen molar-refractivity contribution in [3.63, 3.8) is 0 Å². The SMILES string of the molecule is CCOc1ccc(NC(=O)/C=C/c2ccccc2[N+](=O)[O-])cc1S(=O)(=O)N1CCCCC1. The number of benzene rings is 2. The minimum atomic E-state index is -3.78. The molecule has 2 aromatic rings. The molecule has 1 fully saturated rings. The summed E-state index contributed by atoms with van der Waals surface area (Å²) in [4.78, 5) is 23.0. The topological polar surface area (TPSA) is 119 Å². The Balaban J connectivity index is 1.84. The molecule has 0 atom stereocenters. The van der Waals surface area contributed by atoms with Crippen LogP contribution in [-0.2, 0) is 14.8 Å². The molecular formula is C22H25N3O6S. The van der Waals surface area contributed by atoms with Crippen LogP contribution in [0.4, 0.5) is 11.4 Å². The van der Waals surface area contributed by atoms with Crippen LogP contribution in [0.25, 0.3) is 6.08 Å². The molecule has 32 heavy (non-hydrogen) atoms. The summed E-state index contributed by atoms with van der Waals surface area (Å²) < 4.78 is 33.3. The van der Waals surface area contributed by atoms with Crippen molar-refractivity contribution in [2.24, 2.45) is 0 Å². The Kier molecular flexibility index (Phi) is 7.60. The maximum atomic E-state index is 13.2. The molecule has 9 nitrogen and oxygen atoms in total. The zero-order chi connectivity index (χ0) is 23.1. The van der Waals surface area contributed by atoms with Crippen LogP contribution in [0.1, 0.15) is 31.7 Å². The zero-order valence-corrected chi connectivity index (χ0v) is 18.5. The molecule has 170 valence electrons. The number of rotatable bonds is 8. The quantitative estimate of drug-likeness (QED) is 0.364. The summed E-state index contributed by atoms with van der Waals surface area (Å²) in [5.74, 6) is -0.319. The highest BCUT2D eigenvalue weighted by Crippen LogP contribution is 2.31. The van der Waals surface area contributed by atoms with Crippen LogP contribution in [0.15, 0.2) is 53.4 Å². The molecule has 1 heterocycles. The predicted octanol–water partition coefficient (Wildman–Crippen LogP) is 3.82. The standard InChI is InChI=1S/C22H25N3O6S/c1-2-31-20-12-11-18(16-21(20)32(29,30)24-14-6-3-7-15-24)23-22(26)13-10-17-8-4-5-9-19(17)25(27)28/h4-5,8-13,16H,2-3,6-7,14-15H2,1H3,(H,23,26)/b13-10+. The number of piperidine rings is 1. The van der Waals surface area contributed by atoms with E-state index in [1.165, 1.54) is 34.6 Å². The highest BCUT2D eigenvalue weighted by Gasteiger charge is 2.29. The van der Waals surface area contributed by atoms with E-state index in [9.17, 15) is 23.3 Å². The minimum Gasteiger partial charge on any atom is -0.492 e. The number of amides is 1. The molecule has 2 aromatic carbocycles. The Morgan fingerprint density at radius 3 is 2.59 bits per heavy atom. The molecule has 0 aliphatic carbocycles. The number of ether oxygens (including phenoxy) is 1. The third kappa shape index (κ3) is 5.51. The van der Waals surface area contributed by atoms with Crippen molar-refractivity contribution < 1.29 is 22.9 Å². The largest absolute Gasteiger partial charge is 0.492 e. The predicted molar refractivity (Wildman–Crippen MR) is 121 cm³/mol. The van der Waals surface area contributed by atoms with Gasteiger partial charge < -0.3 is 10.1 Å². The Labute approximate surface area is 186 Å². The van der Waals surface area contributed by atoms with Crippen LogP contribution < -0.4 is 10.1 Å². The number of hydrogen-bond donors (Lipinski definition) is 1. The van der Waals surface area contributed by atoms with E-state index < -0.39 is 20.9 Å². The van der Waals surface area contributed by atoms with Crippen molar-refractivity contribution in [1.82, 2.24) is 4.31 Å². The molecule has 0 unspecified atom stereocenters. The molecule has 0 spiro atoms. The van der Waals surface area contributed by atoms with Crippen molar-refractivity contribution in [3.05, 3.63) is 64.2 Å². The van der Waals surface area contributed by atoms with E-state index >= 15 is 0 Å². The molecule has 0 radical (unpaired) electrons. The summed E-state index contributed by atoms with van der Waals surface area (Å²) in [6, 6.07) is 10.5. The number of nitro benzene ring substituents is 1. The molecule has 1 saturated heterocycles. The molecule has 0 bridgehead atoms. The van der Waals surface area contributed by atoms with Gasteiger partial charge in [0, 0.05) is 30.9 Å². The van der Waals surface area contributed by atoms with E-state index in [2.05, 4.69) is 5.32 Å². The first-order valence-corrected chi connectivity index (χ1v) is 11.8. The van der Waals surface area contributed by atoms with Gasteiger partial charge in [-0.15, -0.1) is 0 Å². The summed E-state index contributed by atoms with van der Waals surface area (Å²) in [5, 5.41) is 13.7. The Bertz CT molecular complexity index is 1120. The lowest BCUT2D eigenvalue weighted by Gasteiger charge is -2.26. The third-order valence-electron chi connectivity index (χ3n) is 4.99. The first-order valence-electron chi connectivity index (χ1n) is 10.3. The molecular weight excluding hydrogens is 434 g/mol. The third-order valence-corrected chi connectivity index (χ3v) is 6.91. The van der Waals surface area contributed by atoms with E-state index in [0.29, 0.717) is 19.7 Å². The number of nitrogens with one attached hydrogen (secondary N) is 1. The smallest absolute Gasteiger partial charge is 0.276 e. The van der Waals surface area contributed by atoms with Crippen LogP contribution in [0.3, 0.4) is 0 Å². The number of nitro groups is 1. The fourth-order valence-electron chi connectivity index (χ4n) is 3.45. The van der Waals surface area contributed by atoms with Gasteiger partial charge in [-0.05, 0) is 50.1 Å². The Morgan fingerprint density at radius 1 is 1.19 bits per heavy atom. The highest BCUT2D eigenvalue weighted by atomic mass is 32.2. The van der Waals surface area contributed by atoms with E-state index in [0.717, 1.165) is 25.3 Å². The number of sulfonamides is 1. The lowest BCUT2D eigenvalue weighted by Crippen LogP contribution is -2.35. The van der Waals surface area contributed by atoms with Crippen molar-refractivity contribution in [1.29, 1.82) is 0 Å². The van der Waals surface area contributed by atoms with E-state index in [4.69, 9.17) is 4.74 Å². The van der Waals surface area contributed by atoms with Gasteiger partial charge in [0.15, 0.2) is 0 Å². The van der Waals surface area contributed by atoms with Crippen molar-refractivity contribution >= 4 is 33.4 Å². The summed E-state index contributed by atoms with van der Waals surface area (Å²) in [6.07, 6.45) is 5.10. The van der Waals surface area contributed by atoms with Gasteiger partial charge in [0.1, 0.15) is 10.6 Å². The fourth-order valence-corrected chi connectivity index (χ4v) is 5.12. The van der Waals surface area contributed by atoms with Crippen molar-refractivity contribution in [2.75, 3.05) is 25.0 Å². The molecule has 1 amide bonds. The Morgan fingerprint density at radius 2 is 1.91 bits per heavy atom. The monoisotopic (exact) mass is 459 g/mol. The van der Waals surface area contributed by atoms with Gasteiger partial charge in [-0.1, -0.05) is 18.6 Å². The van der Waals surface area contributed by atoms with Crippen molar-refractivity contribution in [2.45, 2.75) is 31.1 Å². The maximum absolute atomic E-state index is 13.2. The molecule has 1 N–H and O–H groups in total. The van der Waals surface area contributed by atoms with Gasteiger partial charge >= 0.3 is 0 Å². The normalized spacial score (nSPS) is 14.9. The van der Waals surface area contributed by atoms with E-state index in [-0.39, 0.29) is 27.6 Å². The average Bonchev–Trinajstić information content (AvgIpc) is 2.79. The number of para-hydroxylation sites is 1. The van der Waals surface area contributed by atoms with Crippen LogP contribution in [0.5, 0.6) is 5.75 Å². The van der Waals surface area contributed by atoms with Crippen LogP contribution in [0, 0.1) is 10.1 Å². The Hall–Kier alpha value is -3.24. The van der Waals surface area contributed by atoms with Crippen molar-refractivity contribution in [3.8, 4) is 5.75 Å². The van der Waals surface area contributed by atoms with Gasteiger partial charge in [0.05, 0.1) is 17.1 Å². The number of nitrogens with zero attached hydrogens (tertiary/aromatic N) is 2. The van der Waals surface area contributed by atoms with Gasteiger partial charge in [0.25, 0.3) is 5.69 Å². The number of hydrogen-bond acceptors (Lipinski definition) is 6. The van der Waals surface area contributed by atoms with E-state index in [1.807, 2.05) is 0 Å². The molecule has 0 aromatic heterocycles. The summed E-state index contributed by atoms with van der Waals surface area (Å²) in [7, 11) is -3.78. The molecule has 1 aliphatic heterocycles.